The molecule has 13 heteroatoms. The van der Waals surface area contributed by atoms with E-state index in [4.69, 9.17) is 9.57 Å². The molecule has 1 amide bonds. The monoisotopic (exact) mass is 499 g/mol. The molecule has 0 aliphatic carbocycles. The van der Waals surface area contributed by atoms with E-state index in [2.05, 4.69) is 25.1 Å². The van der Waals surface area contributed by atoms with E-state index in [9.17, 15) is 22.8 Å². The van der Waals surface area contributed by atoms with Gasteiger partial charge in [-0.2, -0.15) is 0 Å². The Morgan fingerprint density at radius 3 is 2.61 bits per heavy atom. The summed E-state index contributed by atoms with van der Waals surface area (Å²) in [5.74, 6) is -0.667. The van der Waals surface area contributed by atoms with Gasteiger partial charge in [0.15, 0.2) is 11.3 Å². The molecule has 1 atom stereocenters. The predicted molar refractivity (Wildman–Crippen MR) is 116 cm³/mol. The zero-order chi connectivity index (χ0) is 25.3. The number of pyridine rings is 2. The molecule has 0 spiro atoms. The third-order valence-electron chi connectivity index (χ3n) is 5.59. The summed E-state index contributed by atoms with van der Waals surface area (Å²) in [6.45, 7) is 0.332. The van der Waals surface area contributed by atoms with Crippen LogP contribution in [0.1, 0.15) is 28.2 Å². The molecule has 3 aromatic heterocycles. The van der Waals surface area contributed by atoms with Gasteiger partial charge in [0.25, 0.3) is 5.91 Å². The molecule has 0 bridgehead atoms. The quantitative estimate of drug-likeness (QED) is 0.403. The Kier molecular flexibility index (Phi) is 5.66. The lowest BCUT2D eigenvalue weighted by atomic mass is 9.81. The predicted octanol–water partition coefficient (Wildman–Crippen LogP) is 2.77. The average molecular weight is 499 g/mol. The Balaban J connectivity index is 1.59. The number of alkyl halides is 3. The molecule has 1 aliphatic heterocycles. The number of hydrogen-bond donors (Lipinski definition) is 1. The summed E-state index contributed by atoms with van der Waals surface area (Å²) in [5, 5.41) is 7.33. The summed E-state index contributed by atoms with van der Waals surface area (Å²) in [6, 6.07) is 11.6. The molecular formula is C23H16F3N5O5. The molecule has 0 radical (unpaired) electrons. The van der Waals surface area contributed by atoms with Gasteiger partial charge in [-0.3, -0.25) is 14.6 Å². The van der Waals surface area contributed by atoms with Crippen LogP contribution in [0.2, 0.25) is 0 Å². The summed E-state index contributed by atoms with van der Waals surface area (Å²) in [6.07, 6.45) is -1.68. The van der Waals surface area contributed by atoms with Crippen LogP contribution in [0.15, 0.2) is 60.9 Å². The van der Waals surface area contributed by atoms with Gasteiger partial charge >= 0.3 is 12.8 Å². The van der Waals surface area contributed by atoms with Crippen molar-refractivity contribution in [2.24, 2.45) is 0 Å². The second-order valence-corrected chi connectivity index (χ2v) is 7.68. The normalized spacial score (nSPS) is 17.1. The van der Waals surface area contributed by atoms with Crippen LogP contribution in [0.25, 0.3) is 11.0 Å². The summed E-state index contributed by atoms with van der Waals surface area (Å²) in [5.41, 5.74) is -0.421. The number of halogens is 3. The topological polar surface area (TPSA) is 117 Å². The first-order valence-corrected chi connectivity index (χ1v) is 10.5. The highest BCUT2D eigenvalue weighted by molar-refractivity contribution is 6.04. The molecule has 1 aliphatic rings. The van der Waals surface area contributed by atoms with E-state index in [1.165, 1.54) is 24.5 Å². The average Bonchev–Trinajstić information content (AvgIpc) is 3.23. The molecule has 1 aromatic carbocycles. The Morgan fingerprint density at radius 2 is 1.86 bits per heavy atom. The van der Waals surface area contributed by atoms with Crippen LogP contribution in [0.5, 0.6) is 11.5 Å². The van der Waals surface area contributed by atoms with Gasteiger partial charge in [0.05, 0.1) is 12.0 Å². The number of hydrogen-bond acceptors (Lipinski definition) is 8. The molecule has 1 unspecified atom stereocenters. The highest BCUT2D eigenvalue weighted by Gasteiger charge is 2.43. The van der Waals surface area contributed by atoms with Crippen molar-refractivity contribution in [1.82, 2.24) is 25.2 Å². The van der Waals surface area contributed by atoms with Crippen molar-refractivity contribution in [3.05, 3.63) is 77.9 Å². The second-order valence-electron chi connectivity index (χ2n) is 7.68. The first-order chi connectivity index (χ1) is 17.3. The number of carbonyl (C=O) groups is 2. The Labute approximate surface area is 200 Å². The summed E-state index contributed by atoms with van der Waals surface area (Å²) in [4.78, 5) is 38.6. The fourth-order valence-corrected chi connectivity index (χ4v) is 4.14. The Bertz CT molecular complexity index is 1440. The first-order valence-electron chi connectivity index (χ1n) is 10.5. The SMILES string of the molecule is O=COn1nc(C(=O)NC2(c3ccc(OC(F)(F)F)cc3)CCOc3cccnc32)c2cccnc21. The molecular weight excluding hydrogens is 483 g/mol. The van der Waals surface area contributed by atoms with Crippen LogP contribution in [-0.4, -0.2) is 45.3 Å². The molecule has 4 heterocycles. The number of amides is 1. The minimum atomic E-state index is -4.85. The van der Waals surface area contributed by atoms with E-state index in [-0.39, 0.29) is 30.8 Å². The van der Waals surface area contributed by atoms with E-state index in [1.54, 1.807) is 24.3 Å². The number of aromatic nitrogens is 4. The minimum Gasteiger partial charge on any atom is -0.491 e. The molecule has 0 fully saturated rings. The van der Waals surface area contributed by atoms with E-state index in [0.29, 0.717) is 22.4 Å². The van der Waals surface area contributed by atoms with Crippen molar-refractivity contribution in [3.63, 3.8) is 0 Å². The van der Waals surface area contributed by atoms with Gasteiger partial charge in [-0.25, -0.2) is 4.98 Å². The third-order valence-corrected chi connectivity index (χ3v) is 5.59. The Hall–Kier alpha value is -4.68. The molecule has 0 saturated heterocycles. The number of nitrogens with one attached hydrogen (secondary N) is 1. The van der Waals surface area contributed by atoms with Crippen LogP contribution >= 0.6 is 0 Å². The number of fused-ring (bicyclic) bond motifs is 2. The molecule has 10 nitrogen and oxygen atoms in total. The van der Waals surface area contributed by atoms with Crippen molar-refractivity contribution in [2.75, 3.05) is 6.61 Å². The number of rotatable bonds is 6. The van der Waals surface area contributed by atoms with E-state index >= 15 is 0 Å². The molecule has 0 saturated carbocycles. The maximum atomic E-state index is 13.6. The molecule has 36 heavy (non-hydrogen) atoms. The molecule has 4 aromatic rings. The largest absolute Gasteiger partial charge is 0.573 e. The number of nitrogens with zero attached hydrogens (tertiary/aromatic N) is 4. The van der Waals surface area contributed by atoms with Crippen molar-refractivity contribution < 1.29 is 37.1 Å². The minimum absolute atomic E-state index is 0.0830. The summed E-state index contributed by atoms with van der Waals surface area (Å²) in [7, 11) is 0. The number of benzene rings is 1. The lowest BCUT2D eigenvalue weighted by Crippen LogP contribution is -2.50. The standard InChI is InChI=1S/C23H16F3N5O5/c24-23(25,26)36-15-7-5-14(6-8-15)22(9-12-34-17-4-2-10-27-19(17)22)29-21(33)18-16-3-1-11-28-20(16)31(30-18)35-13-32/h1-8,10-11,13H,9,12H2,(H,29,33). The third kappa shape index (κ3) is 4.15. The molecule has 5 rings (SSSR count). The van der Waals surface area contributed by atoms with Gasteiger partial charge in [-0.1, -0.05) is 17.0 Å². The number of carbonyl (C=O) groups excluding carboxylic acids is 2. The van der Waals surface area contributed by atoms with Gasteiger partial charge in [0, 0.05) is 18.8 Å². The number of ether oxygens (including phenoxy) is 2. The van der Waals surface area contributed by atoms with Crippen LogP contribution in [0, 0.1) is 0 Å². The maximum Gasteiger partial charge on any atom is 0.573 e. The van der Waals surface area contributed by atoms with Crippen molar-refractivity contribution in [2.45, 2.75) is 18.3 Å². The van der Waals surface area contributed by atoms with E-state index in [1.807, 2.05) is 0 Å². The zero-order valence-electron chi connectivity index (χ0n) is 18.2. The van der Waals surface area contributed by atoms with Crippen molar-refractivity contribution in [3.8, 4) is 11.5 Å². The molecule has 184 valence electrons. The summed E-state index contributed by atoms with van der Waals surface area (Å²) >= 11 is 0. The maximum absolute atomic E-state index is 13.6. The van der Waals surface area contributed by atoms with Crippen molar-refractivity contribution in [1.29, 1.82) is 0 Å². The van der Waals surface area contributed by atoms with Gasteiger partial charge < -0.3 is 19.6 Å². The van der Waals surface area contributed by atoms with Gasteiger partial charge in [0.2, 0.25) is 0 Å². The zero-order valence-corrected chi connectivity index (χ0v) is 18.2. The first kappa shape index (κ1) is 23.1. The van der Waals surface area contributed by atoms with Crippen molar-refractivity contribution >= 4 is 23.4 Å². The lowest BCUT2D eigenvalue weighted by Gasteiger charge is -2.38. The fourth-order valence-electron chi connectivity index (χ4n) is 4.14. The highest BCUT2D eigenvalue weighted by Crippen LogP contribution is 2.41. The van der Waals surface area contributed by atoms with Gasteiger partial charge in [-0.05, 0) is 42.0 Å². The van der Waals surface area contributed by atoms with Crippen LogP contribution in [0.4, 0.5) is 13.2 Å². The van der Waals surface area contributed by atoms with E-state index < -0.39 is 23.6 Å². The highest BCUT2D eigenvalue weighted by atomic mass is 19.4. The van der Waals surface area contributed by atoms with Crippen LogP contribution in [0.3, 0.4) is 0 Å². The summed E-state index contributed by atoms with van der Waals surface area (Å²) < 4.78 is 47.7. The second kappa shape index (κ2) is 8.83. The van der Waals surface area contributed by atoms with Crippen LogP contribution in [-0.2, 0) is 10.3 Å². The van der Waals surface area contributed by atoms with Gasteiger partial charge in [0.1, 0.15) is 22.7 Å². The fraction of sp³-hybridized carbons (Fsp3) is 0.174. The van der Waals surface area contributed by atoms with Gasteiger partial charge in [-0.15, -0.1) is 18.3 Å². The lowest BCUT2D eigenvalue weighted by molar-refractivity contribution is -0.274. The van der Waals surface area contributed by atoms with Crippen LogP contribution < -0.4 is 19.6 Å². The molecule has 1 N–H and O–H groups in total. The Morgan fingerprint density at radius 1 is 1.11 bits per heavy atom. The van der Waals surface area contributed by atoms with E-state index in [0.717, 1.165) is 17.0 Å². The smallest absolute Gasteiger partial charge is 0.491 e.